The fourth-order valence-electron chi connectivity index (χ4n) is 1.46. The lowest BCUT2D eigenvalue weighted by Crippen LogP contribution is -2.39. The van der Waals surface area contributed by atoms with Gasteiger partial charge in [0.15, 0.2) is 0 Å². The van der Waals surface area contributed by atoms with E-state index >= 15 is 0 Å². The number of nitrogens with one attached hydrogen (secondary N) is 2. The molecule has 0 atom stereocenters. The zero-order valence-corrected chi connectivity index (χ0v) is 13.4. The minimum Gasteiger partial charge on any atom is -0.478 e. The average Bonchev–Trinajstić information content (AvgIpc) is 2.78. The van der Waals surface area contributed by atoms with E-state index in [9.17, 15) is 14.4 Å². The molecular weight excluding hydrogens is 292 g/mol. The molecule has 0 unspecified atom stereocenters. The van der Waals surface area contributed by atoms with Crippen LogP contribution in [-0.2, 0) is 16.0 Å². The minimum absolute atomic E-state index is 0.0762. The Bertz CT molecular complexity index is 558. The van der Waals surface area contributed by atoms with Gasteiger partial charge in [-0.25, -0.2) is 4.79 Å². The van der Waals surface area contributed by atoms with Crippen LogP contribution in [0, 0.1) is 5.41 Å². The Labute approximate surface area is 127 Å². The molecule has 2 amide bonds. The maximum Gasteiger partial charge on any atom is 0.338 e. The van der Waals surface area contributed by atoms with E-state index < -0.39 is 17.3 Å². The SMILES string of the molecule is CCc1cc(C(=O)O)c(NC(=O)CNC(=O)C(C)(C)C)s1. The predicted molar refractivity (Wildman–Crippen MR) is 81.8 cm³/mol. The minimum atomic E-state index is -1.08. The fraction of sp³-hybridized carbons (Fsp3) is 0.500. The molecule has 0 aliphatic rings. The summed E-state index contributed by atoms with van der Waals surface area (Å²) in [7, 11) is 0. The Hall–Kier alpha value is -1.89. The van der Waals surface area contributed by atoms with E-state index in [0.29, 0.717) is 11.4 Å². The Morgan fingerprint density at radius 2 is 1.90 bits per heavy atom. The monoisotopic (exact) mass is 312 g/mol. The smallest absolute Gasteiger partial charge is 0.338 e. The van der Waals surface area contributed by atoms with Gasteiger partial charge in [0.05, 0.1) is 12.1 Å². The Morgan fingerprint density at radius 3 is 2.38 bits per heavy atom. The molecule has 1 heterocycles. The summed E-state index contributed by atoms with van der Waals surface area (Å²) in [5, 5.41) is 14.5. The molecule has 0 bridgehead atoms. The van der Waals surface area contributed by atoms with Gasteiger partial charge < -0.3 is 15.7 Å². The summed E-state index contributed by atoms with van der Waals surface area (Å²) >= 11 is 1.23. The highest BCUT2D eigenvalue weighted by Crippen LogP contribution is 2.28. The summed E-state index contributed by atoms with van der Waals surface area (Å²) in [6, 6.07) is 1.55. The van der Waals surface area contributed by atoms with Gasteiger partial charge in [-0.3, -0.25) is 9.59 Å². The molecule has 0 aliphatic carbocycles. The first-order valence-corrected chi connectivity index (χ1v) is 7.41. The maximum atomic E-state index is 11.8. The van der Waals surface area contributed by atoms with E-state index in [2.05, 4.69) is 10.6 Å². The average molecular weight is 312 g/mol. The molecule has 0 saturated carbocycles. The number of thiophene rings is 1. The molecule has 7 heteroatoms. The van der Waals surface area contributed by atoms with Crippen LogP contribution < -0.4 is 10.6 Å². The van der Waals surface area contributed by atoms with Gasteiger partial charge in [0.25, 0.3) is 0 Å². The third-order valence-corrected chi connectivity index (χ3v) is 3.90. The van der Waals surface area contributed by atoms with Crippen LogP contribution in [0.15, 0.2) is 6.07 Å². The van der Waals surface area contributed by atoms with Crippen LogP contribution in [0.3, 0.4) is 0 Å². The molecule has 1 aromatic heterocycles. The number of carbonyl (C=O) groups excluding carboxylic acids is 2. The van der Waals surface area contributed by atoms with Crippen molar-refractivity contribution in [2.45, 2.75) is 34.1 Å². The predicted octanol–water partition coefficient (Wildman–Crippen LogP) is 2.11. The van der Waals surface area contributed by atoms with Gasteiger partial charge in [0.1, 0.15) is 5.00 Å². The summed E-state index contributed by atoms with van der Waals surface area (Å²) in [6.07, 6.45) is 0.696. The molecule has 6 nitrogen and oxygen atoms in total. The summed E-state index contributed by atoms with van der Waals surface area (Å²) in [6.45, 7) is 6.96. The van der Waals surface area contributed by atoms with E-state index in [-0.39, 0.29) is 18.0 Å². The molecule has 21 heavy (non-hydrogen) atoms. The molecule has 1 rings (SSSR count). The van der Waals surface area contributed by atoms with Gasteiger partial charge in [-0.2, -0.15) is 0 Å². The lowest BCUT2D eigenvalue weighted by atomic mass is 9.96. The largest absolute Gasteiger partial charge is 0.478 e. The quantitative estimate of drug-likeness (QED) is 0.776. The highest BCUT2D eigenvalue weighted by atomic mass is 32.1. The number of hydrogen-bond acceptors (Lipinski definition) is 4. The molecule has 0 radical (unpaired) electrons. The third kappa shape index (κ3) is 4.86. The lowest BCUT2D eigenvalue weighted by molar-refractivity contribution is -0.130. The molecule has 1 aromatic rings. The first-order valence-electron chi connectivity index (χ1n) is 6.59. The van der Waals surface area contributed by atoms with Gasteiger partial charge >= 0.3 is 5.97 Å². The van der Waals surface area contributed by atoms with Crippen LogP contribution >= 0.6 is 11.3 Å². The van der Waals surface area contributed by atoms with Crippen LogP contribution in [-0.4, -0.2) is 29.4 Å². The molecule has 0 aromatic carbocycles. The van der Waals surface area contributed by atoms with Crippen molar-refractivity contribution in [3.8, 4) is 0 Å². The highest BCUT2D eigenvalue weighted by Gasteiger charge is 2.22. The van der Waals surface area contributed by atoms with Gasteiger partial charge in [-0.05, 0) is 12.5 Å². The molecule has 0 aliphatic heterocycles. The van der Waals surface area contributed by atoms with Crippen LogP contribution in [0.1, 0.15) is 42.9 Å². The second-order valence-corrected chi connectivity index (χ2v) is 6.73. The summed E-state index contributed by atoms with van der Waals surface area (Å²) in [5.41, 5.74) is -0.502. The normalized spacial score (nSPS) is 11.0. The van der Waals surface area contributed by atoms with Crippen molar-refractivity contribution in [2.75, 3.05) is 11.9 Å². The Morgan fingerprint density at radius 1 is 1.29 bits per heavy atom. The van der Waals surface area contributed by atoms with Gasteiger partial charge in [0.2, 0.25) is 11.8 Å². The maximum absolute atomic E-state index is 11.8. The molecule has 116 valence electrons. The molecule has 0 fully saturated rings. The van der Waals surface area contributed by atoms with Gasteiger partial charge in [-0.1, -0.05) is 27.7 Å². The number of carboxylic acids is 1. The van der Waals surface area contributed by atoms with Crippen molar-refractivity contribution in [2.24, 2.45) is 5.41 Å². The van der Waals surface area contributed by atoms with Gasteiger partial charge in [-0.15, -0.1) is 11.3 Å². The number of aromatic carboxylic acids is 1. The van der Waals surface area contributed by atoms with Crippen molar-refractivity contribution >= 4 is 34.1 Å². The van der Waals surface area contributed by atoms with Gasteiger partial charge in [0, 0.05) is 10.3 Å². The van der Waals surface area contributed by atoms with E-state index in [1.54, 1.807) is 26.8 Å². The Balaban J connectivity index is 2.69. The number of hydrogen-bond donors (Lipinski definition) is 3. The van der Waals surface area contributed by atoms with Crippen molar-refractivity contribution in [3.05, 3.63) is 16.5 Å². The lowest BCUT2D eigenvalue weighted by Gasteiger charge is -2.17. The van der Waals surface area contributed by atoms with E-state index in [0.717, 1.165) is 4.88 Å². The van der Waals surface area contributed by atoms with Crippen molar-refractivity contribution in [1.29, 1.82) is 0 Å². The van der Waals surface area contributed by atoms with E-state index in [1.807, 2.05) is 6.92 Å². The number of aryl methyl sites for hydroxylation is 1. The first-order chi connectivity index (χ1) is 9.65. The molecule has 0 spiro atoms. The zero-order chi connectivity index (χ0) is 16.2. The number of amides is 2. The van der Waals surface area contributed by atoms with Crippen molar-refractivity contribution < 1.29 is 19.5 Å². The van der Waals surface area contributed by atoms with Crippen molar-refractivity contribution in [3.63, 3.8) is 0 Å². The van der Waals surface area contributed by atoms with Crippen molar-refractivity contribution in [1.82, 2.24) is 5.32 Å². The summed E-state index contributed by atoms with van der Waals surface area (Å²) in [4.78, 5) is 35.5. The molecule has 3 N–H and O–H groups in total. The second kappa shape index (κ2) is 6.71. The second-order valence-electron chi connectivity index (χ2n) is 5.60. The first kappa shape index (κ1) is 17.2. The molecule has 0 saturated heterocycles. The van der Waals surface area contributed by atoms with Crippen LogP contribution in [0.25, 0.3) is 0 Å². The van der Waals surface area contributed by atoms with Crippen LogP contribution in [0.4, 0.5) is 5.00 Å². The highest BCUT2D eigenvalue weighted by molar-refractivity contribution is 7.16. The third-order valence-electron chi connectivity index (χ3n) is 2.71. The van der Waals surface area contributed by atoms with Crippen LogP contribution in [0.2, 0.25) is 0 Å². The topological polar surface area (TPSA) is 95.5 Å². The number of carbonyl (C=O) groups is 3. The summed E-state index contributed by atoms with van der Waals surface area (Å²) < 4.78 is 0. The van der Waals surface area contributed by atoms with E-state index in [4.69, 9.17) is 5.11 Å². The van der Waals surface area contributed by atoms with Crippen LogP contribution in [0.5, 0.6) is 0 Å². The standard InChI is InChI=1S/C14H20N2O4S/c1-5-8-6-9(12(18)19)11(21-8)16-10(17)7-15-13(20)14(2,3)4/h6H,5,7H2,1-4H3,(H,15,20)(H,16,17)(H,18,19). The van der Waals surface area contributed by atoms with E-state index in [1.165, 1.54) is 11.3 Å². The number of rotatable bonds is 5. The molecular formula is C14H20N2O4S. The Kier molecular flexibility index (Phi) is 5.48. The summed E-state index contributed by atoms with van der Waals surface area (Å²) in [5.74, 6) is -1.77. The number of anilines is 1. The fourth-order valence-corrected chi connectivity index (χ4v) is 2.47. The zero-order valence-electron chi connectivity index (χ0n) is 12.6. The number of carboxylic acid groups (broad SMARTS) is 1.